The molecule has 0 radical (unpaired) electrons. The first kappa shape index (κ1) is 24.0. The van der Waals surface area contributed by atoms with Crippen molar-refractivity contribution in [2.24, 2.45) is 10.9 Å². The number of hydrogen-bond acceptors (Lipinski definition) is 5. The lowest BCUT2D eigenvalue weighted by Crippen LogP contribution is -2.42. The molecule has 1 heterocycles. The largest absolute Gasteiger partial charge is 0.493 e. The molecule has 3 rings (SSSR count). The van der Waals surface area contributed by atoms with E-state index in [1.54, 1.807) is 14.2 Å². The predicted octanol–water partition coefficient (Wildman–Crippen LogP) is 2.66. The van der Waals surface area contributed by atoms with Crippen molar-refractivity contribution < 1.29 is 14.2 Å². The molecule has 3 atom stereocenters. The highest BCUT2D eigenvalue weighted by molar-refractivity contribution is 14.0. The molecule has 0 spiro atoms. The van der Waals surface area contributed by atoms with Gasteiger partial charge in [-0.2, -0.15) is 0 Å². The highest BCUT2D eigenvalue weighted by atomic mass is 127. The molecule has 1 aliphatic heterocycles. The molecule has 0 aromatic heterocycles. The average molecular weight is 518 g/mol. The number of morpholine rings is 1. The predicted molar refractivity (Wildman–Crippen MR) is 127 cm³/mol. The van der Waals surface area contributed by atoms with Crippen molar-refractivity contribution in [3.8, 4) is 11.5 Å². The SMILES string of the molecule is CCNC(=NCC(c1ccc(OC)c(OC)c1)N1CCOCC1)NC1CC1C.I. The summed E-state index contributed by atoms with van der Waals surface area (Å²) in [6.45, 7) is 9.20. The second-order valence-corrected chi connectivity index (χ2v) is 7.46. The summed E-state index contributed by atoms with van der Waals surface area (Å²) in [6, 6.07) is 6.86. The average Bonchev–Trinajstić information content (AvgIpc) is 3.43. The molecule has 2 aliphatic rings. The fourth-order valence-corrected chi connectivity index (χ4v) is 3.58. The third kappa shape index (κ3) is 6.62. The first-order valence-electron chi connectivity index (χ1n) is 10.2. The van der Waals surface area contributed by atoms with Gasteiger partial charge in [-0.05, 0) is 37.0 Å². The van der Waals surface area contributed by atoms with Crippen LogP contribution in [0.4, 0.5) is 0 Å². The van der Waals surface area contributed by atoms with E-state index in [1.165, 1.54) is 12.0 Å². The van der Waals surface area contributed by atoms with Gasteiger partial charge in [0, 0.05) is 25.7 Å². The Kier molecular flexibility index (Phi) is 9.78. The second-order valence-electron chi connectivity index (χ2n) is 7.46. The van der Waals surface area contributed by atoms with Crippen molar-refractivity contribution in [2.75, 3.05) is 53.6 Å². The molecule has 164 valence electrons. The minimum atomic E-state index is 0. The Balaban J connectivity index is 0.00000300. The number of halogens is 1. The number of guanidine groups is 1. The highest BCUT2D eigenvalue weighted by Crippen LogP contribution is 2.32. The lowest BCUT2D eigenvalue weighted by atomic mass is 10.0. The van der Waals surface area contributed by atoms with Crippen molar-refractivity contribution in [3.05, 3.63) is 23.8 Å². The van der Waals surface area contributed by atoms with Gasteiger partial charge in [-0.15, -0.1) is 24.0 Å². The fraction of sp³-hybridized carbons (Fsp3) is 0.667. The smallest absolute Gasteiger partial charge is 0.191 e. The van der Waals surface area contributed by atoms with Crippen molar-refractivity contribution in [1.29, 1.82) is 0 Å². The van der Waals surface area contributed by atoms with Crippen molar-refractivity contribution >= 4 is 29.9 Å². The number of nitrogens with one attached hydrogen (secondary N) is 2. The van der Waals surface area contributed by atoms with Gasteiger partial charge in [-0.3, -0.25) is 9.89 Å². The van der Waals surface area contributed by atoms with E-state index in [0.717, 1.165) is 56.2 Å². The zero-order valence-corrected chi connectivity index (χ0v) is 20.3. The summed E-state index contributed by atoms with van der Waals surface area (Å²) in [5.41, 5.74) is 1.18. The molecule has 1 aromatic carbocycles. The summed E-state index contributed by atoms with van der Waals surface area (Å²) in [6.07, 6.45) is 1.22. The lowest BCUT2D eigenvalue weighted by Gasteiger charge is -2.34. The Bertz CT molecular complexity index is 667. The molecule has 1 saturated heterocycles. The van der Waals surface area contributed by atoms with Gasteiger partial charge >= 0.3 is 0 Å². The van der Waals surface area contributed by atoms with Gasteiger partial charge in [0.15, 0.2) is 17.5 Å². The van der Waals surface area contributed by atoms with Crippen LogP contribution in [0.3, 0.4) is 0 Å². The summed E-state index contributed by atoms with van der Waals surface area (Å²) in [5.74, 6) is 3.12. The van der Waals surface area contributed by atoms with Gasteiger partial charge in [0.25, 0.3) is 0 Å². The molecule has 8 heteroatoms. The summed E-state index contributed by atoms with van der Waals surface area (Å²) < 4.78 is 16.5. The van der Waals surface area contributed by atoms with Crippen LogP contribution < -0.4 is 20.1 Å². The Morgan fingerprint density at radius 3 is 2.52 bits per heavy atom. The summed E-state index contributed by atoms with van der Waals surface area (Å²) >= 11 is 0. The summed E-state index contributed by atoms with van der Waals surface area (Å²) in [5, 5.41) is 6.92. The highest BCUT2D eigenvalue weighted by Gasteiger charge is 2.33. The standard InChI is InChI=1S/C21H34N4O3.HI/c1-5-22-21(24-17-12-15(17)2)23-14-18(25-8-10-28-11-9-25)16-6-7-19(26-3)20(13-16)27-4;/h6-7,13,15,17-18H,5,8-12,14H2,1-4H3,(H2,22,23,24);1H. The molecule has 1 saturated carbocycles. The fourth-order valence-electron chi connectivity index (χ4n) is 3.58. The van der Waals surface area contributed by atoms with Crippen LogP contribution in [0.5, 0.6) is 11.5 Å². The molecule has 2 fully saturated rings. The Morgan fingerprint density at radius 2 is 1.93 bits per heavy atom. The number of ether oxygens (including phenoxy) is 3. The maximum atomic E-state index is 5.56. The molecule has 0 bridgehead atoms. The maximum Gasteiger partial charge on any atom is 0.191 e. The number of nitrogens with zero attached hydrogens (tertiary/aromatic N) is 2. The number of hydrogen-bond donors (Lipinski definition) is 2. The Morgan fingerprint density at radius 1 is 1.24 bits per heavy atom. The first-order valence-corrected chi connectivity index (χ1v) is 10.2. The zero-order chi connectivity index (χ0) is 19.9. The molecule has 7 nitrogen and oxygen atoms in total. The van der Waals surface area contributed by atoms with Gasteiger partial charge in [0.05, 0.1) is 40.0 Å². The molecule has 29 heavy (non-hydrogen) atoms. The maximum absolute atomic E-state index is 5.56. The van der Waals surface area contributed by atoms with Gasteiger partial charge in [-0.1, -0.05) is 13.0 Å². The summed E-state index contributed by atoms with van der Waals surface area (Å²) in [4.78, 5) is 7.36. The Labute approximate surface area is 191 Å². The van der Waals surface area contributed by atoms with Crippen LogP contribution in [-0.2, 0) is 4.74 Å². The van der Waals surface area contributed by atoms with E-state index in [0.29, 0.717) is 12.6 Å². The third-order valence-corrected chi connectivity index (χ3v) is 5.48. The molecule has 3 unspecified atom stereocenters. The minimum Gasteiger partial charge on any atom is -0.493 e. The van der Waals surface area contributed by atoms with Crippen molar-refractivity contribution in [3.63, 3.8) is 0 Å². The van der Waals surface area contributed by atoms with Crippen molar-refractivity contribution in [2.45, 2.75) is 32.4 Å². The van der Waals surface area contributed by atoms with Crippen LogP contribution in [0, 0.1) is 5.92 Å². The van der Waals surface area contributed by atoms with Gasteiger partial charge in [0.2, 0.25) is 0 Å². The number of benzene rings is 1. The van der Waals surface area contributed by atoms with Crippen molar-refractivity contribution in [1.82, 2.24) is 15.5 Å². The van der Waals surface area contributed by atoms with Crippen LogP contribution in [0.2, 0.25) is 0 Å². The first-order chi connectivity index (χ1) is 13.7. The van der Waals surface area contributed by atoms with Crippen LogP contribution >= 0.6 is 24.0 Å². The van der Waals surface area contributed by atoms with E-state index < -0.39 is 0 Å². The molecule has 0 amide bonds. The molecular weight excluding hydrogens is 483 g/mol. The van der Waals surface area contributed by atoms with Gasteiger partial charge < -0.3 is 24.8 Å². The molecular formula is C21H35IN4O3. The van der Waals surface area contributed by atoms with E-state index in [2.05, 4.69) is 41.5 Å². The molecule has 1 aliphatic carbocycles. The van der Waals surface area contributed by atoms with E-state index in [4.69, 9.17) is 19.2 Å². The monoisotopic (exact) mass is 518 g/mol. The van der Waals surface area contributed by atoms with E-state index >= 15 is 0 Å². The minimum absolute atomic E-state index is 0. The lowest BCUT2D eigenvalue weighted by molar-refractivity contribution is 0.0179. The number of rotatable bonds is 8. The Hall–Kier alpha value is -1.26. The van der Waals surface area contributed by atoms with Crippen LogP contribution in [0.25, 0.3) is 0 Å². The quantitative estimate of drug-likeness (QED) is 0.314. The van der Waals surface area contributed by atoms with E-state index in [-0.39, 0.29) is 30.0 Å². The molecule has 1 aromatic rings. The van der Waals surface area contributed by atoms with Gasteiger partial charge in [0.1, 0.15) is 0 Å². The van der Waals surface area contributed by atoms with Crippen LogP contribution in [0.1, 0.15) is 31.9 Å². The second kappa shape index (κ2) is 11.8. The van der Waals surface area contributed by atoms with Crippen LogP contribution in [0.15, 0.2) is 23.2 Å². The normalized spacial score (nSPS) is 23.0. The van der Waals surface area contributed by atoms with E-state index in [1.807, 2.05) is 6.07 Å². The zero-order valence-electron chi connectivity index (χ0n) is 17.9. The summed E-state index contributed by atoms with van der Waals surface area (Å²) in [7, 11) is 3.34. The van der Waals surface area contributed by atoms with E-state index in [9.17, 15) is 0 Å². The van der Waals surface area contributed by atoms with Gasteiger partial charge in [-0.25, -0.2) is 0 Å². The number of aliphatic imine (C=N–C) groups is 1. The molecule has 2 N–H and O–H groups in total. The third-order valence-electron chi connectivity index (χ3n) is 5.48. The topological polar surface area (TPSA) is 67.4 Å². The van der Waals surface area contributed by atoms with Crippen LogP contribution in [-0.4, -0.2) is 70.5 Å². The number of methoxy groups -OCH3 is 2.